The summed E-state index contributed by atoms with van der Waals surface area (Å²) >= 11 is 3.13. The minimum Gasteiger partial charge on any atom is -0.329 e. The van der Waals surface area contributed by atoms with Crippen LogP contribution in [0.15, 0.2) is 10.7 Å². The van der Waals surface area contributed by atoms with Gasteiger partial charge in [-0.1, -0.05) is 15.9 Å². The van der Waals surface area contributed by atoms with Crippen molar-refractivity contribution in [1.29, 1.82) is 0 Å². The summed E-state index contributed by atoms with van der Waals surface area (Å²) in [4.78, 5) is 12.2. The third-order valence-corrected chi connectivity index (χ3v) is 1.61. The van der Waals surface area contributed by atoms with E-state index in [0.717, 1.165) is 12.1 Å². The normalized spacial score (nSPS) is 24.1. The highest BCUT2D eigenvalue weighted by Gasteiger charge is 2.12. The average molecular weight is 176 g/mol. The van der Waals surface area contributed by atoms with Crippen molar-refractivity contribution in [1.82, 2.24) is 5.32 Å². The lowest BCUT2D eigenvalue weighted by Crippen LogP contribution is -2.11. The summed E-state index contributed by atoms with van der Waals surface area (Å²) < 4.78 is 0. The van der Waals surface area contributed by atoms with Gasteiger partial charge in [-0.15, -0.1) is 0 Å². The molecule has 1 fully saturated rings. The highest BCUT2D eigenvalue weighted by molar-refractivity contribution is 9.11. The third-order valence-electron chi connectivity index (χ3n) is 1.05. The zero-order valence-electron chi connectivity index (χ0n) is 4.28. The van der Waals surface area contributed by atoms with Gasteiger partial charge in [-0.05, 0) is 6.42 Å². The van der Waals surface area contributed by atoms with E-state index in [1.54, 1.807) is 4.99 Å². The molecular weight excluding hydrogens is 170 g/mol. The van der Waals surface area contributed by atoms with Crippen LogP contribution < -0.4 is 5.32 Å². The fourth-order valence-electron chi connectivity index (χ4n) is 0.634. The third kappa shape index (κ3) is 1.10. The smallest absolute Gasteiger partial charge is 0.224 e. The highest BCUT2D eigenvalue weighted by atomic mass is 79.9. The van der Waals surface area contributed by atoms with Gasteiger partial charge in [-0.25, -0.2) is 0 Å². The van der Waals surface area contributed by atoms with Crippen LogP contribution in [0.1, 0.15) is 12.8 Å². The number of amides is 1. The second-order valence-corrected chi connectivity index (χ2v) is 2.14. The van der Waals surface area contributed by atoms with Crippen molar-refractivity contribution in [2.45, 2.75) is 12.8 Å². The Hall–Kier alpha value is -0.310. The fourth-order valence-corrected chi connectivity index (χ4v) is 0.977. The average Bonchev–Trinajstić information content (AvgIpc) is 2.14. The Kier molecular flexibility index (Phi) is 1.68. The number of carbonyl (C=O) groups excluding carboxylic acids is 1. The molecule has 1 N–H and O–H groups in total. The molecule has 1 aliphatic rings. The van der Waals surface area contributed by atoms with Gasteiger partial charge in [0, 0.05) is 17.1 Å². The van der Waals surface area contributed by atoms with Crippen LogP contribution in [0.4, 0.5) is 0 Å². The predicted molar refractivity (Wildman–Crippen MR) is 34.4 cm³/mol. The van der Waals surface area contributed by atoms with Crippen LogP contribution in [0.5, 0.6) is 0 Å². The van der Waals surface area contributed by atoms with E-state index >= 15 is 0 Å². The number of hydrogen-bond donors (Lipinski definition) is 1. The minimum atomic E-state index is 0.121. The molecule has 1 amide bonds. The van der Waals surface area contributed by atoms with Gasteiger partial charge in [0.25, 0.3) is 0 Å². The summed E-state index contributed by atoms with van der Waals surface area (Å²) in [7, 11) is 0. The van der Waals surface area contributed by atoms with Crippen LogP contribution in [-0.2, 0) is 4.79 Å². The number of nitrogens with one attached hydrogen (secondary N) is 1. The summed E-state index contributed by atoms with van der Waals surface area (Å²) in [6.07, 6.45) is 1.49. The second-order valence-electron chi connectivity index (χ2n) is 1.68. The Balaban J connectivity index is 2.56. The van der Waals surface area contributed by atoms with Crippen LogP contribution >= 0.6 is 15.9 Å². The topological polar surface area (TPSA) is 29.1 Å². The van der Waals surface area contributed by atoms with E-state index in [-0.39, 0.29) is 5.91 Å². The predicted octanol–water partition coefficient (Wildman–Crippen LogP) is 1.13. The minimum absolute atomic E-state index is 0.121. The molecule has 1 heterocycles. The molecule has 0 aromatic rings. The lowest BCUT2D eigenvalue weighted by molar-refractivity contribution is -0.118. The van der Waals surface area contributed by atoms with Gasteiger partial charge in [0.05, 0.1) is 0 Å². The molecule has 0 bridgehead atoms. The Bertz CT molecular complexity index is 141. The Morgan fingerprint density at radius 2 is 2.38 bits per heavy atom. The lowest BCUT2D eigenvalue weighted by atomic mass is 10.3. The van der Waals surface area contributed by atoms with E-state index in [1.807, 2.05) is 0 Å². The molecule has 0 radical (unpaired) electrons. The second kappa shape index (κ2) is 2.31. The van der Waals surface area contributed by atoms with Crippen molar-refractivity contribution in [3.05, 3.63) is 10.7 Å². The van der Waals surface area contributed by atoms with Crippen molar-refractivity contribution in [2.75, 3.05) is 0 Å². The quantitative estimate of drug-likeness (QED) is 0.588. The zero-order chi connectivity index (χ0) is 5.98. The fraction of sp³-hybridized carbons (Fsp3) is 0.400. The number of carbonyl (C=O) groups is 1. The number of rotatable bonds is 0. The van der Waals surface area contributed by atoms with Gasteiger partial charge in [0.15, 0.2) is 0 Å². The van der Waals surface area contributed by atoms with Crippen LogP contribution in [0.2, 0.25) is 0 Å². The van der Waals surface area contributed by atoms with Crippen LogP contribution in [-0.4, -0.2) is 5.91 Å². The first-order chi connectivity index (χ1) is 3.83. The van der Waals surface area contributed by atoms with Crippen molar-refractivity contribution < 1.29 is 4.79 Å². The lowest BCUT2D eigenvalue weighted by Gasteiger charge is -1.88. The number of halogens is 1. The van der Waals surface area contributed by atoms with Gasteiger partial charge in [0.1, 0.15) is 0 Å². The van der Waals surface area contributed by atoms with Gasteiger partial charge in [-0.2, -0.15) is 0 Å². The van der Waals surface area contributed by atoms with E-state index in [9.17, 15) is 4.79 Å². The van der Waals surface area contributed by atoms with E-state index in [2.05, 4.69) is 21.2 Å². The molecule has 2 nitrogen and oxygen atoms in total. The van der Waals surface area contributed by atoms with Crippen molar-refractivity contribution in [3.63, 3.8) is 0 Å². The summed E-state index contributed by atoms with van der Waals surface area (Å²) in [5.41, 5.74) is 0.981. The van der Waals surface area contributed by atoms with E-state index in [1.165, 1.54) is 0 Å². The molecule has 0 atom stereocenters. The summed E-state index contributed by atoms with van der Waals surface area (Å²) in [6.45, 7) is 0. The first kappa shape index (κ1) is 5.82. The molecule has 8 heavy (non-hydrogen) atoms. The van der Waals surface area contributed by atoms with E-state index in [0.29, 0.717) is 6.42 Å². The number of hydrogen-bond acceptors (Lipinski definition) is 1. The zero-order valence-corrected chi connectivity index (χ0v) is 5.86. The summed E-state index contributed by atoms with van der Waals surface area (Å²) in [6, 6.07) is 0. The Labute approximate surface area is 56.1 Å². The Morgan fingerprint density at radius 3 is 2.62 bits per heavy atom. The molecule has 3 heteroatoms. The Morgan fingerprint density at radius 1 is 1.62 bits per heavy atom. The van der Waals surface area contributed by atoms with Crippen LogP contribution in [0, 0.1) is 0 Å². The largest absolute Gasteiger partial charge is 0.329 e. The summed E-state index contributed by atoms with van der Waals surface area (Å²) in [5.74, 6) is 0.121. The molecule has 44 valence electrons. The molecule has 0 aromatic heterocycles. The maximum atomic E-state index is 10.4. The first-order valence-electron chi connectivity index (χ1n) is 2.42. The van der Waals surface area contributed by atoms with Crippen LogP contribution in [0.3, 0.4) is 0 Å². The maximum absolute atomic E-state index is 10.4. The van der Waals surface area contributed by atoms with Gasteiger partial charge in [-0.3, -0.25) is 4.79 Å². The van der Waals surface area contributed by atoms with Gasteiger partial charge in [0.2, 0.25) is 5.91 Å². The molecule has 0 unspecified atom stereocenters. The SMILES string of the molecule is O=C1CCC(=CBr)N1. The standard InChI is InChI=1S/C5H6BrNO/c6-3-4-1-2-5(8)7-4/h3H,1-2H2,(H,7,8). The van der Waals surface area contributed by atoms with Crippen molar-refractivity contribution in [2.24, 2.45) is 0 Å². The van der Waals surface area contributed by atoms with Gasteiger partial charge < -0.3 is 5.32 Å². The molecule has 1 rings (SSSR count). The monoisotopic (exact) mass is 175 g/mol. The molecule has 0 saturated carbocycles. The van der Waals surface area contributed by atoms with Gasteiger partial charge >= 0.3 is 0 Å². The molecule has 1 aliphatic heterocycles. The van der Waals surface area contributed by atoms with Crippen molar-refractivity contribution >= 4 is 21.8 Å². The molecule has 0 aromatic carbocycles. The highest BCUT2D eigenvalue weighted by Crippen LogP contribution is 2.10. The van der Waals surface area contributed by atoms with E-state index in [4.69, 9.17) is 0 Å². The maximum Gasteiger partial charge on any atom is 0.224 e. The molecule has 0 aliphatic carbocycles. The molecular formula is C5H6BrNO. The van der Waals surface area contributed by atoms with E-state index < -0.39 is 0 Å². The molecule has 1 saturated heterocycles. The summed E-state index contributed by atoms with van der Waals surface area (Å²) in [5, 5.41) is 2.68. The number of allylic oxidation sites excluding steroid dienone is 1. The van der Waals surface area contributed by atoms with Crippen LogP contribution in [0.25, 0.3) is 0 Å². The first-order valence-corrected chi connectivity index (χ1v) is 3.33. The molecule has 0 spiro atoms. The van der Waals surface area contributed by atoms with Crippen molar-refractivity contribution in [3.8, 4) is 0 Å².